The summed E-state index contributed by atoms with van der Waals surface area (Å²) in [5, 5.41) is 0. The van der Waals surface area contributed by atoms with E-state index in [1.807, 2.05) is 11.9 Å². The average molecular weight is 256 g/mol. The first kappa shape index (κ1) is 15.4. The smallest absolute Gasteiger partial charge is 0.230 e. The first-order valence-corrected chi connectivity index (χ1v) is 7.16. The van der Waals surface area contributed by atoms with Crippen molar-refractivity contribution in [2.24, 2.45) is 11.1 Å². The van der Waals surface area contributed by atoms with Crippen LogP contribution < -0.4 is 5.73 Å². The maximum Gasteiger partial charge on any atom is 0.230 e. The maximum absolute atomic E-state index is 12.8. The van der Waals surface area contributed by atoms with Gasteiger partial charge in [0.15, 0.2) is 0 Å². The minimum absolute atomic E-state index is 0.212. The van der Waals surface area contributed by atoms with Gasteiger partial charge >= 0.3 is 0 Å². The van der Waals surface area contributed by atoms with Crippen molar-refractivity contribution >= 4 is 5.91 Å². The van der Waals surface area contributed by atoms with Crippen LogP contribution in [0.5, 0.6) is 0 Å². The lowest BCUT2D eigenvalue weighted by Crippen LogP contribution is -2.50. The molecule has 4 nitrogen and oxygen atoms in total. The van der Waals surface area contributed by atoms with E-state index in [4.69, 9.17) is 10.5 Å². The lowest BCUT2D eigenvalue weighted by molar-refractivity contribution is -0.143. The van der Waals surface area contributed by atoms with E-state index in [1.54, 1.807) is 0 Å². The molecule has 1 fully saturated rings. The summed E-state index contributed by atoms with van der Waals surface area (Å²) in [4.78, 5) is 14.6. The zero-order valence-electron chi connectivity index (χ0n) is 12.1. The van der Waals surface area contributed by atoms with Crippen LogP contribution in [-0.4, -0.2) is 43.7 Å². The summed E-state index contributed by atoms with van der Waals surface area (Å²) in [5.41, 5.74) is 5.58. The standard InChI is InChI=1S/C14H28N2O2/c1-4-7-14(11-15,8-5-2)13(17)16(3)12-6-9-18-10-12/h12H,4-11,15H2,1-3H3. The molecule has 1 unspecified atom stereocenters. The van der Waals surface area contributed by atoms with E-state index in [0.29, 0.717) is 13.2 Å². The fourth-order valence-corrected chi connectivity index (χ4v) is 2.95. The number of hydrogen-bond acceptors (Lipinski definition) is 3. The molecule has 1 amide bonds. The molecule has 0 bridgehead atoms. The van der Waals surface area contributed by atoms with Crippen molar-refractivity contribution in [3.63, 3.8) is 0 Å². The molecule has 1 saturated heterocycles. The van der Waals surface area contributed by atoms with E-state index in [0.717, 1.165) is 38.7 Å². The van der Waals surface area contributed by atoms with Crippen molar-refractivity contribution in [1.29, 1.82) is 0 Å². The van der Waals surface area contributed by atoms with Gasteiger partial charge in [-0.15, -0.1) is 0 Å². The summed E-state index contributed by atoms with van der Waals surface area (Å²) in [6.45, 7) is 6.12. The number of carbonyl (C=O) groups is 1. The van der Waals surface area contributed by atoms with Crippen molar-refractivity contribution in [2.45, 2.75) is 52.0 Å². The average Bonchev–Trinajstić information content (AvgIpc) is 2.90. The van der Waals surface area contributed by atoms with E-state index >= 15 is 0 Å². The van der Waals surface area contributed by atoms with Crippen molar-refractivity contribution in [2.75, 3.05) is 26.8 Å². The Hall–Kier alpha value is -0.610. The summed E-state index contributed by atoms with van der Waals surface area (Å²) >= 11 is 0. The Bertz CT molecular complexity index is 257. The number of hydrogen-bond donors (Lipinski definition) is 1. The number of amides is 1. The van der Waals surface area contributed by atoms with Gasteiger partial charge in [0.2, 0.25) is 5.91 Å². The minimum Gasteiger partial charge on any atom is -0.379 e. The number of carbonyl (C=O) groups excluding carboxylic acids is 1. The third-order valence-electron chi connectivity index (χ3n) is 4.08. The molecule has 0 aromatic heterocycles. The van der Waals surface area contributed by atoms with Crippen molar-refractivity contribution in [3.05, 3.63) is 0 Å². The Kier molecular flexibility index (Phi) is 6.09. The van der Waals surface area contributed by atoms with Crippen LogP contribution in [0.15, 0.2) is 0 Å². The largest absolute Gasteiger partial charge is 0.379 e. The van der Waals surface area contributed by atoms with Gasteiger partial charge in [-0.25, -0.2) is 0 Å². The highest BCUT2D eigenvalue weighted by atomic mass is 16.5. The highest BCUT2D eigenvalue weighted by molar-refractivity contribution is 5.83. The van der Waals surface area contributed by atoms with Gasteiger partial charge in [0.25, 0.3) is 0 Å². The fourth-order valence-electron chi connectivity index (χ4n) is 2.95. The molecule has 106 valence electrons. The Labute approximate surface area is 111 Å². The van der Waals surface area contributed by atoms with E-state index in [2.05, 4.69) is 13.8 Å². The molecule has 1 atom stereocenters. The third-order valence-corrected chi connectivity index (χ3v) is 4.08. The van der Waals surface area contributed by atoms with Crippen LogP contribution in [0.4, 0.5) is 0 Å². The third kappa shape index (κ3) is 3.23. The van der Waals surface area contributed by atoms with Crippen molar-refractivity contribution in [3.8, 4) is 0 Å². The van der Waals surface area contributed by atoms with E-state index in [-0.39, 0.29) is 17.4 Å². The molecule has 0 spiro atoms. The molecule has 1 heterocycles. The van der Waals surface area contributed by atoms with Gasteiger partial charge < -0.3 is 15.4 Å². The van der Waals surface area contributed by atoms with Crippen LogP contribution in [0.25, 0.3) is 0 Å². The lowest BCUT2D eigenvalue weighted by Gasteiger charge is -2.37. The van der Waals surface area contributed by atoms with Crippen LogP contribution in [0.3, 0.4) is 0 Å². The number of nitrogens with zero attached hydrogens (tertiary/aromatic N) is 1. The van der Waals surface area contributed by atoms with Crippen LogP contribution in [-0.2, 0) is 9.53 Å². The molecule has 2 N–H and O–H groups in total. The monoisotopic (exact) mass is 256 g/mol. The zero-order chi connectivity index (χ0) is 13.6. The number of nitrogens with two attached hydrogens (primary N) is 1. The van der Waals surface area contributed by atoms with Crippen LogP contribution in [0.1, 0.15) is 46.0 Å². The molecular formula is C14H28N2O2. The first-order valence-electron chi connectivity index (χ1n) is 7.16. The second-order valence-electron chi connectivity index (χ2n) is 5.42. The topological polar surface area (TPSA) is 55.6 Å². The van der Waals surface area contributed by atoms with Gasteiger partial charge in [0.1, 0.15) is 0 Å². The van der Waals surface area contributed by atoms with Gasteiger partial charge in [-0.2, -0.15) is 0 Å². The van der Waals surface area contributed by atoms with Gasteiger partial charge in [-0.3, -0.25) is 4.79 Å². The Morgan fingerprint density at radius 2 is 2.00 bits per heavy atom. The summed E-state index contributed by atoms with van der Waals surface area (Å²) < 4.78 is 5.37. The van der Waals surface area contributed by atoms with Crippen molar-refractivity contribution in [1.82, 2.24) is 4.90 Å². The Morgan fingerprint density at radius 3 is 2.39 bits per heavy atom. The first-order chi connectivity index (χ1) is 8.61. The molecule has 0 aromatic carbocycles. The number of rotatable bonds is 7. The van der Waals surface area contributed by atoms with Gasteiger partial charge in [-0.05, 0) is 19.3 Å². The van der Waals surface area contributed by atoms with Crippen LogP contribution in [0, 0.1) is 5.41 Å². The van der Waals surface area contributed by atoms with E-state index < -0.39 is 0 Å². The molecule has 0 saturated carbocycles. The molecule has 1 aliphatic heterocycles. The molecule has 1 aliphatic rings. The zero-order valence-corrected chi connectivity index (χ0v) is 12.1. The fraction of sp³-hybridized carbons (Fsp3) is 0.929. The lowest BCUT2D eigenvalue weighted by atomic mass is 9.77. The van der Waals surface area contributed by atoms with E-state index in [9.17, 15) is 4.79 Å². The summed E-state index contributed by atoms with van der Waals surface area (Å²) in [6.07, 6.45) is 4.71. The quantitative estimate of drug-likeness (QED) is 0.755. The summed E-state index contributed by atoms with van der Waals surface area (Å²) in [7, 11) is 1.90. The predicted octanol–water partition coefficient (Wildman–Crippen LogP) is 1.78. The minimum atomic E-state index is -0.360. The number of likely N-dealkylation sites (N-methyl/N-ethyl adjacent to an activating group) is 1. The normalized spacial score (nSPS) is 20.1. The molecule has 1 rings (SSSR count). The molecular weight excluding hydrogens is 228 g/mol. The Morgan fingerprint density at radius 1 is 1.39 bits per heavy atom. The SMILES string of the molecule is CCCC(CN)(CCC)C(=O)N(C)C1CCOC1. The van der Waals surface area contributed by atoms with Crippen LogP contribution >= 0.6 is 0 Å². The maximum atomic E-state index is 12.8. The predicted molar refractivity (Wildman–Crippen MR) is 73.3 cm³/mol. The second kappa shape index (κ2) is 7.10. The molecule has 4 heteroatoms. The van der Waals surface area contributed by atoms with Gasteiger partial charge in [0, 0.05) is 20.2 Å². The van der Waals surface area contributed by atoms with Gasteiger partial charge in [-0.1, -0.05) is 26.7 Å². The van der Waals surface area contributed by atoms with E-state index in [1.165, 1.54) is 0 Å². The highest BCUT2D eigenvalue weighted by Crippen LogP contribution is 2.32. The summed E-state index contributed by atoms with van der Waals surface area (Å²) in [6, 6.07) is 0.233. The molecule has 0 aliphatic carbocycles. The molecule has 0 aromatic rings. The summed E-state index contributed by atoms with van der Waals surface area (Å²) in [5.74, 6) is 0.212. The molecule has 0 radical (unpaired) electrons. The Balaban J connectivity index is 2.79. The van der Waals surface area contributed by atoms with Crippen LogP contribution in [0.2, 0.25) is 0 Å². The molecule has 18 heavy (non-hydrogen) atoms. The van der Waals surface area contributed by atoms with Gasteiger partial charge in [0.05, 0.1) is 18.1 Å². The number of ether oxygens (including phenoxy) is 1. The van der Waals surface area contributed by atoms with Crippen molar-refractivity contribution < 1.29 is 9.53 Å². The second-order valence-corrected chi connectivity index (χ2v) is 5.42. The highest BCUT2D eigenvalue weighted by Gasteiger charge is 2.39.